The Morgan fingerprint density at radius 3 is 2.14 bits per heavy atom. The van der Waals surface area contributed by atoms with Gasteiger partial charge in [0.15, 0.2) is 0 Å². The summed E-state index contributed by atoms with van der Waals surface area (Å²) in [5.74, 6) is 1.46. The number of amides is 1. The number of aryl methyl sites for hydroxylation is 1. The van der Waals surface area contributed by atoms with Crippen LogP contribution in [0.15, 0.2) is 42.5 Å². The van der Waals surface area contributed by atoms with Gasteiger partial charge in [0.25, 0.3) is 0 Å². The van der Waals surface area contributed by atoms with Gasteiger partial charge in [0.1, 0.15) is 11.5 Å². The van der Waals surface area contributed by atoms with Crippen LogP contribution in [0.2, 0.25) is 0 Å². The molecule has 0 aliphatic carbocycles. The van der Waals surface area contributed by atoms with Gasteiger partial charge in [-0.1, -0.05) is 0 Å². The van der Waals surface area contributed by atoms with Crippen molar-refractivity contribution in [2.75, 3.05) is 57.7 Å². The van der Waals surface area contributed by atoms with Gasteiger partial charge < -0.3 is 24.6 Å². The van der Waals surface area contributed by atoms with Crippen molar-refractivity contribution in [3.8, 4) is 11.5 Å². The summed E-state index contributed by atoms with van der Waals surface area (Å²) in [5.41, 5.74) is 3.04. The number of nitrogens with one attached hydrogen (secondary N) is 1. The third-order valence-corrected chi connectivity index (χ3v) is 5.07. The molecule has 1 aliphatic rings. The number of hydrogen-bond donors (Lipinski definition) is 1. The van der Waals surface area contributed by atoms with Crippen LogP contribution >= 0.6 is 0 Å². The maximum Gasteiger partial charge on any atom is 0.224 e. The van der Waals surface area contributed by atoms with E-state index in [0.29, 0.717) is 12.8 Å². The number of piperazine rings is 1. The zero-order valence-corrected chi connectivity index (χ0v) is 16.9. The van der Waals surface area contributed by atoms with Gasteiger partial charge in [0, 0.05) is 50.0 Å². The molecule has 1 N–H and O–H groups in total. The van der Waals surface area contributed by atoms with Gasteiger partial charge in [0.2, 0.25) is 5.91 Å². The smallest absolute Gasteiger partial charge is 0.224 e. The average molecular weight is 383 g/mol. The van der Waals surface area contributed by atoms with E-state index in [-0.39, 0.29) is 5.91 Å². The zero-order chi connectivity index (χ0) is 19.9. The molecular formula is C22H29N3O3. The number of anilines is 2. The van der Waals surface area contributed by atoms with Crippen molar-refractivity contribution < 1.29 is 14.3 Å². The predicted molar refractivity (Wildman–Crippen MR) is 113 cm³/mol. The van der Waals surface area contributed by atoms with Crippen molar-refractivity contribution in [3.63, 3.8) is 0 Å². The monoisotopic (exact) mass is 383 g/mol. The quantitative estimate of drug-likeness (QED) is 0.797. The normalized spacial score (nSPS) is 14.6. The molecule has 0 unspecified atom stereocenters. The Bertz CT molecular complexity index is 762. The number of methoxy groups -OCH3 is 2. The molecular weight excluding hydrogens is 354 g/mol. The largest absolute Gasteiger partial charge is 0.497 e. The van der Waals surface area contributed by atoms with Crippen LogP contribution in [-0.4, -0.2) is 58.3 Å². The average Bonchev–Trinajstić information content (AvgIpc) is 2.73. The number of ether oxygens (including phenoxy) is 2. The number of rotatable bonds is 7. The summed E-state index contributed by atoms with van der Waals surface area (Å²) >= 11 is 0. The summed E-state index contributed by atoms with van der Waals surface area (Å²) in [6.45, 7) is 4.22. The van der Waals surface area contributed by atoms with Gasteiger partial charge in [-0.25, -0.2) is 0 Å². The number of nitrogens with zero attached hydrogens (tertiary/aromatic N) is 2. The first-order valence-corrected chi connectivity index (χ1v) is 9.63. The highest BCUT2D eigenvalue weighted by atomic mass is 16.5. The molecule has 150 valence electrons. The fourth-order valence-electron chi connectivity index (χ4n) is 3.31. The van der Waals surface area contributed by atoms with Gasteiger partial charge in [-0.2, -0.15) is 0 Å². The van der Waals surface area contributed by atoms with E-state index in [9.17, 15) is 4.79 Å². The topological polar surface area (TPSA) is 54.0 Å². The molecule has 2 aromatic carbocycles. The Morgan fingerprint density at radius 2 is 1.57 bits per heavy atom. The standard InChI is InChI=1S/C22H29N3O3/c1-24-10-12-25(13-11-24)19-7-5-18(6-8-19)23-22(26)9-4-17-14-20(27-2)16-21(15-17)28-3/h5-8,14-16H,4,9-13H2,1-3H3,(H,23,26). The van der Waals surface area contributed by atoms with Crippen LogP contribution in [-0.2, 0) is 11.2 Å². The van der Waals surface area contributed by atoms with Gasteiger partial charge >= 0.3 is 0 Å². The first kappa shape index (κ1) is 20.0. The molecule has 3 rings (SSSR count). The highest BCUT2D eigenvalue weighted by Crippen LogP contribution is 2.24. The molecule has 0 radical (unpaired) electrons. The summed E-state index contributed by atoms with van der Waals surface area (Å²) in [7, 11) is 5.39. The third kappa shape index (κ3) is 5.39. The van der Waals surface area contributed by atoms with E-state index in [4.69, 9.17) is 9.47 Å². The van der Waals surface area contributed by atoms with Crippen LogP contribution in [0.3, 0.4) is 0 Å². The SMILES string of the molecule is COc1cc(CCC(=O)Nc2ccc(N3CCN(C)CC3)cc2)cc(OC)c1. The van der Waals surface area contributed by atoms with Crippen LogP contribution in [0, 0.1) is 0 Å². The number of benzene rings is 2. The summed E-state index contributed by atoms with van der Waals surface area (Å²) in [6, 6.07) is 13.8. The van der Waals surface area contributed by atoms with Gasteiger partial charge in [-0.3, -0.25) is 4.79 Å². The molecule has 2 aromatic rings. The van der Waals surface area contributed by atoms with E-state index in [1.54, 1.807) is 14.2 Å². The van der Waals surface area contributed by atoms with E-state index < -0.39 is 0 Å². The number of hydrogen-bond acceptors (Lipinski definition) is 5. The number of likely N-dealkylation sites (N-methyl/N-ethyl adjacent to an activating group) is 1. The highest BCUT2D eigenvalue weighted by Gasteiger charge is 2.14. The molecule has 0 aromatic heterocycles. The van der Waals surface area contributed by atoms with Crippen LogP contribution in [0.4, 0.5) is 11.4 Å². The van der Waals surface area contributed by atoms with Crippen LogP contribution in [0.1, 0.15) is 12.0 Å². The summed E-state index contributed by atoms with van der Waals surface area (Å²) in [4.78, 5) is 17.0. The van der Waals surface area contributed by atoms with Gasteiger partial charge in [-0.05, 0) is 55.4 Å². The Kier molecular flexibility index (Phi) is 6.76. The molecule has 6 heteroatoms. The zero-order valence-electron chi connectivity index (χ0n) is 16.9. The molecule has 1 saturated heterocycles. The molecule has 0 saturated carbocycles. The van der Waals surface area contributed by atoms with Crippen molar-refractivity contribution >= 4 is 17.3 Å². The Balaban J connectivity index is 1.52. The molecule has 0 atom stereocenters. The van der Waals surface area contributed by atoms with Crippen molar-refractivity contribution in [2.45, 2.75) is 12.8 Å². The minimum atomic E-state index is -0.00543. The highest BCUT2D eigenvalue weighted by molar-refractivity contribution is 5.91. The molecule has 28 heavy (non-hydrogen) atoms. The Hall–Kier alpha value is -2.73. The van der Waals surface area contributed by atoms with Crippen molar-refractivity contribution in [1.29, 1.82) is 0 Å². The van der Waals surface area contributed by atoms with Gasteiger partial charge in [0.05, 0.1) is 14.2 Å². The Morgan fingerprint density at radius 1 is 0.964 bits per heavy atom. The second kappa shape index (κ2) is 9.46. The lowest BCUT2D eigenvalue weighted by molar-refractivity contribution is -0.116. The fraction of sp³-hybridized carbons (Fsp3) is 0.409. The van der Waals surface area contributed by atoms with Gasteiger partial charge in [-0.15, -0.1) is 0 Å². The van der Waals surface area contributed by atoms with E-state index in [0.717, 1.165) is 48.9 Å². The lowest BCUT2D eigenvalue weighted by Gasteiger charge is -2.34. The lowest BCUT2D eigenvalue weighted by Crippen LogP contribution is -2.44. The second-order valence-corrected chi connectivity index (χ2v) is 7.11. The van der Waals surface area contributed by atoms with E-state index in [1.165, 1.54) is 5.69 Å². The summed E-state index contributed by atoms with van der Waals surface area (Å²) < 4.78 is 10.6. The van der Waals surface area contributed by atoms with E-state index in [2.05, 4.69) is 34.3 Å². The molecule has 6 nitrogen and oxygen atoms in total. The summed E-state index contributed by atoms with van der Waals surface area (Å²) in [6.07, 6.45) is 1.02. The minimum absolute atomic E-state index is 0.00543. The van der Waals surface area contributed by atoms with E-state index >= 15 is 0 Å². The van der Waals surface area contributed by atoms with Crippen LogP contribution in [0.5, 0.6) is 11.5 Å². The minimum Gasteiger partial charge on any atom is -0.497 e. The number of carbonyl (C=O) groups is 1. The first-order chi connectivity index (χ1) is 13.6. The van der Waals surface area contributed by atoms with Crippen molar-refractivity contribution in [3.05, 3.63) is 48.0 Å². The molecule has 0 spiro atoms. The lowest BCUT2D eigenvalue weighted by atomic mass is 10.1. The third-order valence-electron chi connectivity index (χ3n) is 5.07. The number of carbonyl (C=O) groups excluding carboxylic acids is 1. The maximum absolute atomic E-state index is 12.3. The molecule has 1 heterocycles. The first-order valence-electron chi connectivity index (χ1n) is 9.63. The predicted octanol–water partition coefficient (Wildman–Crippen LogP) is 3.03. The molecule has 1 amide bonds. The van der Waals surface area contributed by atoms with E-state index in [1.807, 2.05) is 30.3 Å². The van der Waals surface area contributed by atoms with Crippen LogP contribution < -0.4 is 19.7 Å². The van der Waals surface area contributed by atoms with Crippen LogP contribution in [0.25, 0.3) is 0 Å². The fourth-order valence-corrected chi connectivity index (χ4v) is 3.31. The van der Waals surface area contributed by atoms with Crippen molar-refractivity contribution in [2.24, 2.45) is 0 Å². The molecule has 0 bridgehead atoms. The second-order valence-electron chi connectivity index (χ2n) is 7.11. The summed E-state index contributed by atoms with van der Waals surface area (Å²) in [5, 5.41) is 2.98. The van der Waals surface area contributed by atoms with Crippen molar-refractivity contribution in [1.82, 2.24) is 4.90 Å². The Labute approximate surface area is 167 Å². The maximum atomic E-state index is 12.3. The molecule has 1 aliphatic heterocycles. The molecule has 1 fully saturated rings.